The zero-order chi connectivity index (χ0) is 34.5. The van der Waals surface area contributed by atoms with Gasteiger partial charge in [0.1, 0.15) is 11.3 Å². The Kier molecular flexibility index (Phi) is 23.5. The summed E-state index contributed by atoms with van der Waals surface area (Å²) in [6.07, 6.45) is 1.61. The molecule has 0 N–H and O–H groups in total. The summed E-state index contributed by atoms with van der Waals surface area (Å²) in [4.78, 5) is 18.9. The van der Waals surface area contributed by atoms with Gasteiger partial charge in [-0.15, -0.1) is 5.10 Å². The van der Waals surface area contributed by atoms with Crippen LogP contribution >= 0.6 is 0 Å². The Hall–Kier alpha value is -2.64. The first kappa shape index (κ1) is 41.5. The van der Waals surface area contributed by atoms with Crippen LogP contribution in [0.2, 0.25) is 0 Å². The third-order valence-electron chi connectivity index (χ3n) is 6.51. The summed E-state index contributed by atoms with van der Waals surface area (Å²) in [6.45, 7) is 17.9. The molecule has 0 spiro atoms. The summed E-state index contributed by atoms with van der Waals surface area (Å²) in [5.41, 5.74) is 8.44. The third kappa shape index (κ3) is 22.8. The number of hydrogen-bond donors (Lipinski definition) is 0. The van der Waals surface area contributed by atoms with Gasteiger partial charge in [-0.25, -0.2) is 9.48 Å². The van der Waals surface area contributed by atoms with E-state index in [4.69, 9.17) is 48.2 Å². The predicted molar refractivity (Wildman–Crippen MR) is 174 cm³/mol. The average molecular weight is 689 g/mol. The fraction of sp³-hybridized carbons (Fsp3) is 0.900. The Balaban J connectivity index is 1.29. The molecule has 0 unspecified atom stereocenters. The number of carbonyl (C=O) groups is 1. The molecule has 1 aliphatic rings. The van der Waals surface area contributed by atoms with E-state index < -0.39 is 5.60 Å². The number of azide groups is 1. The molecule has 0 saturated carbocycles. The van der Waals surface area contributed by atoms with Gasteiger partial charge in [0.15, 0.2) is 0 Å². The van der Waals surface area contributed by atoms with Crippen molar-refractivity contribution in [3.05, 3.63) is 22.3 Å². The van der Waals surface area contributed by atoms with Crippen LogP contribution in [0.4, 0.5) is 4.79 Å². The Labute approximate surface area is 283 Å². The Morgan fingerprint density at radius 2 is 1.21 bits per heavy atom. The maximum absolute atomic E-state index is 12.2. The molecule has 1 aliphatic heterocycles. The van der Waals surface area contributed by atoms with Gasteiger partial charge in [0.05, 0.1) is 118 Å². The highest BCUT2D eigenvalue weighted by Crippen LogP contribution is 2.12. The molecular weight excluding hydrogens is 632 g/mol. The first-order chi connectivity index (χ1) is 23.4. The van der Waals surface area contributed by atoms with Gasteiger partial charge in [-0.3, -0.25) is 4.90 Å². The van der Waals surface area contributed by atoms with Crippen molar-refractivity contribution in [1.82, 2.24) is 24.8 Å². The zero-order valence-electron chi connectivity index (χ0n) is 29.0. The second kappa shape index (κ2) is 27.2. The van der Waals surface area contributed by atoms with Crippen LogP contribution in [0, 0.1) is 0 Å². The van der Waals surface area contributed by atoms with E-state index in [1.54, 1.807) is 9.58 Å². The molecule has 1 saturated heterocycles. The van der Waals surface area contributed by atoms with Gasteiger partial charge < -0.3 is 47.5 Å². The molecule has 1 fully saturated rings. The van der Waals surface area contributed by atoms with Crippen LogP contribution in [-0.4, -0.2) is 175 Å². The second-order valence-corrected chi connectivity index (χ2v) is 11.6. The Morgan fingerprint density at radius 1 is 0.729 bits per heavy atom. The number of carbonyl (C=O) groups excluding carboxylic acids is 1. The van der Waals surface area contributed by atoms with Crippen molar-refractivity contribution < 1.29 is 47.4 Å². The lowest BCUT2D eigenvalue weighted by Gasteiger charge is -2.35. The van der Waals surface area contributed by atoms with Crippen molar-refractivity contribution in [2.75, 3.05) is 138 Å². The van der Waals surface area contributed by atoms with Crippen molar-refractivity contribution >= 4 is 6.09 Å². The Bertz CT molecular complexity index is 985. The van der Waals surface area contributed by atoms with Gasteiger partial charge in [-0.1, -0.05) is 10.3 Å². The third-order valence-corrected chi connectivity index (χ3v) is 6.51. The monoisotopic (exact) mass is 688 g/mol. The highest BCUT2D eigenvalue weighted by Gasteiger charge is 2.25. The molecule has 1 aromatic rings. The normalized spacial score (nSPS) is 13.9. The fourth-order valence-corrected chi connectivity index (χ4v) is 4.09. The van der Waals surface area contributed by atoms with E-state index in [-0.39, 0.29) is 6.09 Å². The number of nitrogens with zero attached hydrogens (tertiary/aromatic N) is 8. The smallest absolute Gasteiger partial charge is 0.410 e. The van der Waals surface area contributed by atoms with Crippen molar-refractivity contribution in [2.24, 2.45) is 5.11 Å². The number of aromatic nitrogens is 3. The van der Waals surface area contributed by atoms with Crippen molar-refractivity contribution in [3.8, 4) is 0 Å². The summed E-state index contributed by atoms with van der Waals surface area (Å²) < 4.78 is 51.1. The summed E-state index contributed by atoms with van der Waals surface area (Å²) in [6, 6.07) is 0. The lowest BCUT2D eigenvalue weighted by Crippen LogP contribution is -2.50. The predicted octanol–water partition coefficient (Wildman–Crippen LogP) is 1.77. The topological polar surface area (TPSA) is 186 Å². The molecule has 1 aromatic heterocycles. The molecule has 0 atom stereocenters. The summed E-state index contributed by atoms with van der Waals surface area (Å²) in [5, 5.41) is 11.7. The number of amides is 1. The van der Waals surface area contributed by atoms with E-state index in [1.165, 1.54) is 0 Å². The molecule has 0 bridgehead atoms. The quantitative estimate of drug-likeness (QED) is 0.0514. The molecule has 18 heteroatoms. The molecular formula is C30H56N8O10. The molecule has 48 heavy (non-hydrogen) atoms. The molecule has 1 amide bonds. The van der Waals surface area contributed by atoms with Crippen LogP contribution in [0.15, 0.2) is 11.3 Å². The molecule has 18 nitrogen and oxygen atoms in total. The van der Waals surface area contributed by atoms with E-state index in [2.05, 4.69) is 25.2 Å². The van der Waals surface area contributed by atoms with E-state index >= 15 is 0 Å². The van der Waals surface area contributed by atoms with Crippen LogP contribution in [0.1, 0.15) is 26.5 Å². The molecule has 276 valence electrons. The number of hydrogen-bond acceptors (Lipinski definition) is 14. The van der Waals surface area contributed by atoms with E-state index in [1.807, 2.05) is 27.0 Å². The van der Waals surface area contributed by atoms with Gasteiger partial charge in [0.25, 0.3) is 0 Å². The zero-order valence-corrected chi connectivity index (χ0v) is 29.0. The maximum atomic E-state index is 12.2. The van der Waals surface area contributed by atoms with Crippen LogP contribution in [0.5, 0.6) is 0 Å². The van der Waals surface area contributed by atoms with Gasteiger partial charge in [0, 0.05) is 44.2 Å². The van der Waals surface area contributed by atoms with Crippen molar-refractivity contribution in [1.29, 1.82) is 0 Å². The lowest BCUT2D eigenvalue weighted by atomic mass is 10.2. The molecule has 2 heterocycles. The molecule has 0 radical (unpaired) electrons. The average Bonchev–Trinajstić information content (AvgIpc) is 3.52. The highest BCUT2D eigenvalue weighted by molar-refractivity contribution is 5.68. The van der Waals surface area contributed by atoms with E-state index in [9.17, 15) is 4.79 Å². The molecule has 0 aromatic carbocycles. The van der Waals surface area contributed by atoms with Crippen molar-refractivity contribution in [2.45, 2.75) is 39.5 Å². The van der Waals surface area contributed by atoms with Crippen LogP contribution in [-0.2, 0) is 55.8 Å². The van der Waals surface area contributed by atoms with Gasteiger partial charge in [-0.05, 0) is 26.3 Å². The summed E-state index contributed by atoms with van der Waals surface area (Å²) in [7, 11) is 0. The highest BCUT2D eigenvalue weighted by atomic mass is 16.6. The van der Waals surface area contributed by atoms with Crippen LogP contribution < -0.4 is 0 Å². The number of piperazine rings is 1. The Morgan fingerprint density at radius 3 is 1.71 bits per heavy atom. The second-order valence-electron chi connectivity index (χ2n) is 11.6. The summed E-state index contributed by atoms with van der Waals surface area (Å²) in [5.74, 6) is 0. The van der Waals surface area contributed by atoms with Gasteiger partial charge in [0.2, 0.25) is 0 Å². The van der Waals surface area contributed by atoms with E-state index in [0.29, 0.717) is 132 Å². The maximum Gasteiger partial charge on any atom is 0.410 e. The number of rotatable bonds is 29. The summed E-state index contributed by atoms with van der Waals surface area (Å²) >= 11 is 0. The number of ether oxygens (including phenoxy) is 9. The van der Waals surface area contributed by atoms with Gasteiger partial charge in [-0.2, -0.15) is 0 Å². The minimum Gasteiger partial charge on any atom is -0.444 e. The molecule has 2 rings (SSSR count). The van der Waals surface area contributed by atoms with Crippen LogP contribution in [0.25, 0.3) is 10.4 Å². The minimum atomic E-state index is -0.479. The van der Waals surface area contributed by atoms with Crippen molar-refractivity contribution in [3.63, 3.8) is 0 Å². The molecule has 0 aliphatic carbocycles. The lowest BCUT2D eigenvalue weighted by molar-refractivity contribution is -0.0205. The first-order valence-electron chi connectivity index (χ1n) is 16.6. The van der Waals surface area contributed by atoms with E-state index in [0.717, 1.165) is 25.3 Å². The SMILES string of the molecule is CC(C)(C)OC(=O)N1CCN(CCOCc2cn(CCOCCOCCOCCOCCOCCOCCOCCN=[N+]=[N-])nn2)CC1. The minimum absolute atomic E-state index is 0.250. The standard InChI is InChI=1S/C30H56N8O10/c1-30(2,3)48-29(39)37-7-5-36(6-8-37)9-12-47-27-28-26-38(35-33-28)10-13-41-15-17-43-19-21-45-23-25-46-24-22-44-20-18-42-16-14-40-11-4-32-34-31/h26H,4-25,27H2,1-3H3. The largest absolute Gasteiger partial charge is 0.444 e. The fourth-order valence-electron chi connectivity index (χ4n) is 4.09. The van der Waals surface area contributed by atoms with Crippen LogP contribution in [0.3, 0.4) is 0 Å². The van der Waals surface area contributed by atoms with Gasteiger partial charge >= 0.3 is 6.09 Å². The first-order valence-corrected chi connectivity index (χ1v) is 16.6.